The van der Waals surface area contributed by atoms with Crippen LogP contribution in [0.15, 0.2) is 76.8 Å². The third-order valence-corrected chi connectivity index (χ3v) is 5.29. The summed E-state index contributed by atoms with van der Waals surface area (Å²) in [5, 5.41) is 12.9. The number of benzene rings is 3. The van der Waals surface area contributed by atoms with Crippen molar-refractivity contribution in [3.8, 4) is 11.8 Å². The van der Waals surface area contributed by atoms with Crippen molar-refractivity contribution in [3.63, 3.8) is 0 Å². The molecule has 0 aromatic heterocycles. The fourth-order valence-electron chi connectivity index (χ4n) is 2.74. The van der Waals surface area contributed by atoms with E-state index < -0.39 is 5.91 Å². The van der Waals surface area contributed by atoms with Crippen LogP contribution in [-0.2, 0) is 11.4 Å². The maximum Gasteiger partial charge on any atom is 0.266 e. The molecule has 0 fully saturated rings. The molecule has 0 bridgehead atoms. The lowest BCUT2D eigenvalue weighted by Crippen LogP contribution is -2.14. The van der Waals surface area contributed by atoms with Gasteiger partial charge >= 0.3 is 0 Å². The fraction of sp³-hybridized carbons (Fsp3) is 0.0833. The van der Waals surface area contributed by atoms with Crippen molar-refractivity contribution in [3.05, 3.63) is 98.5 Å². The molecule has 30 heavy (non-hydrogen) atoms. The Kier molecular flexibility index (Phi) is 7.29. The van der Waals surface area contributed by atoms with Crippen LogP contribution in [0.4, 0.5) is 5.69 Å². The van der Waals surface area contributed by atoms with E-state index >= 15 is 0 Å². The number of nitriles is 1. The molecule has 0 aliphatic heterocycles. The highest BCUT2D eigenvalue weighted by atomic mass is 79.9. The van der Waals surface area contributed by atoms with Gasteiger partial charge in [-0.15, -0.1) is 0 Å². The summed E-state index contributed by atoms with van der Waals surface area (Å²) in [6, 6.07) is 22.4. The van der Waals surface area contributed by atoms with Gasteiger partial charge in [-0.2, -0.15) is 5.26 Å². The number of hydrogen-bond donors (Lipinski definition) is 1. The summed E-state index contributed by atoms with van der Waals surface area (Å²) >= 11 is 9.54. The van der Waals surface area contributed by atoms with Crippen LogP contribution in [0.5, 0.6) is 5.75 Å². The standard InChI is InChI=1S/C24H18BrClN2O2/c1-16-21(26)8-5-9-22(16)28-24(29)19(14-27)12-18-13-20(25)10-11-23(18)30-15-17-6-3-2-4-7-17/h2-13H,15H2,1H3,(H,28,29)/b19-12+. The molecule has 3 rings (SSSR count). The summed E-state index contributed by atoms with van der Waals surface area (Å²) in [5.74, 6) is 0.0541. The number of carbonyl (C=O) groups is 1. The largest absolute Gasteiger partial charge is 0.488 e. The number of halogens is 2. The first-order chi connectivity index (χ1) is 14.5. The second kappa shape index (κ2) is 10.1. The van der Waals surface area contributed by atoms with Crippen LogP contribution >= 0.6 is 27.5 Å². The first-order valence-electron chi connectivity index (χ1n) is 9.12. The van der Waals surface area contributed by atoms with Gasteiger partial charge in [0.15, 0.2) is 0 Å². The van der Waals surface area contributed by atoms with E-state index in [2.05, 4.69) is 21.2 Å². The molecule has 0 aliphatic rings. The molecule has 0 spiro atoms. The van der Waals surface area contributed by atoms with Gasteiger partial charge < -0.3 is 10.1 Å². The third kappa shape index (κ3) is 5.50. The van der Waals surface area contributed by atoms with Gasteiger partial charge in [-0.1, -0.05) is 63.9 Å². The van der Waals surface area contributed by atoms with E-state index in [1.807, 2.05) is 42.5 Å². The van der Waals surface area contributed by atoms with Crippen LogP contribution in [0.25, 0.3) is 6.08 Å². The maximum atomic E-state index is 12.7. The third-order valence-electron chi connectivity index (χ3n) is 4.39. The summed E-state index contributed by atoms with van der Waals surface area (Å²) in [6.45, 7) is 2.18. The van der Waals surface area contributed by atoms with Crippen LogP contribution in [-0.4, -0.2) is 5.91 Å². The second-order valence-corrected chi connectivity index (χ2v) is 7.82. The van der Waals surface area contributed by atoms with Crippen molar-refractivity contribution in [2.24, 2.45) is 0 Å². The molecule has 0 atom stereocenters. The van der Waals surface area contributed by atoms with Gasteiger partial charge in [-0.25, -0.2) is 0 Å². The highest BCUT2D eigenvalue weighted by Gasteiger charge is 2.14. The number of carbonyl (C=O) groups excluding carboxylic acids is 1. The van der Waals surface area contributed by atoms with E-state index in [-0.39, 0.29) is 5.57 Å². The Morgan fingerprint density at radius 3 is 2.67 bits per heavy atom. The van der Waals surface area contributed by atoms with Crippen LogP contribution in [0, 0.1) is 18.3 Å². The van der Waals surface area contributed by atoms with Gasteiger partial charge in [-0.3, -0.25) is 4.79 Å². The minimum Gasteiger partial charge on any atom is -0.488 e. The Hall–Kier alpha value is -3.07. The van der Waals surface area contributed by atoms with E-state index in [0.29, 0.717) is 28.6 Å². The molecular weight excluding hydrogens is 464 g/mol. The van der Waals surface area contributed by atoms with Crippen molar-refractivity contribution in [2.75, 3.05) is 5.32 Å². The highest BCUT2D eigenvalue weighted by molar-refractivity contribution is 9.10. The lowest BCUT2D eigenvalue weighted by molar-refractivity contribution is -0.112. The van der Waals surface area contributed by atoms with Crippen LogP contribution in [0.3, 0.4) is 0 Å². The Labute approximate surface area is 188 Å². The van der Waals surface area contributed by atoms with Crippen molar-refractivity contribution in [1.29, 1.82) is 5.26 Å². The van der Waals surface area contributed by atoms with Crippen LogP contribution < -0.4 is 10.1 Å². The summed E-state index contributed by atoms with van der Waals surface area (Å²) < 4.78 is 6.74. The Morgan fingerprint density at radius 1 is 1.17 bits per heavy atom. The first kappa shape index (κ1) is 21.6. The number of amides is 1. The molecule has 4 nitrogen and oxygen atoms in total. The molecule has 0 aliphatic carbocycles. The Balaban J connectivity index is 1.85. The first-order valence-corrected chi connectivity index (χ1v) is 10.3. The molecule has 0 heterocycles. The Bertz CT molecular complexity index is 1140. The second-order valence-electron chi connectivity index (χ2n) is 6.49. The molecule has 150 valence electrons. The molecule has 0 radical (unpaired) electrons. The number of anilines is 1. The van der Waals surface area contributed by atoms with Gasteiger partial charge in [0.2, 0.25) is 0 Å². The van der Waals surface area contributed by atoms with E-state index in [0.717, 1.165) is 15.6 Å². The van der Waals surface area contributed by atoms with E-state index in [1.165, 1.54) is 6.08 Å². The predicted octanol–water partition coefficient (Wildman–Crippen LogP) is 6.54. The zero-order valence-corrected chi connectivity index (χ0v) is 18.5. The van der Waals surface area contributed by atoms with Crippen molar-refractivity contribution in [2.45, 2.75) is 13.5 Å². The smallest absolute Gasteiger partial charge is 0.266 e. The highest BCUT2D eigenvalue weighted by Crippen LogP contribution is 2.27. The summed E-state index contributed by atoms with van der Waals surface area (Å²) in [7, 11) is 0. The van der Waals surface area contributed by atoms with Crippen molar-refractivity contribution < 1.29 is 9.53 Å². The van der Waals surface area contributed by atoms with Gasteiger partial charge in [0.25, 0.3) is 5.91 Å². The number of nitrogens with zero attached hydrogens (tertiary/aromatic N) is 1. The fourth-order valence-corrected chi connectivity index (χ4v) is 3.29. The molecular formula is C24H18BrClN2O2. The molecule has 1 amide bonds. The summed E-state index contributed by atoms with van der Waals surface area (Å²) in [4.78, 5) is 12.7. The molecule has 3 aromatic carbocycles. The molecule has 1 N–H and O–H groups in total. The molecule has 0 saturated heterocycles. The summed E-state index contributed by atoms with van der Waals surface area (Å²) in [5.41, 5.74) is 2.89. The number of hydrogen-bond acceptors (Lipinski definition) is 3. The lowest BCUT2D eigenvalue weighted by Gasteiger charge is -2.11. The zero-order chi connectivity index (χ0) is 21.5. The predicted molar refractivity (Wildman–Crippen MR) is 123 cm³/mol. The topological polar surface area (TPSA) is 62.1 Å². The zero-order valence-electron chi connectivity index (χ0n) is 16.2. The van der Waals surface area contributed by atoms with Crippen molar-refractivity contribution in [1.82, 2.24) is 0 Å². The number of nitrogens with one attached hydrogen (secondary N) is 1. The lowest BCUT2D eigenvalue weighted by atomic mass is 10.1. The monoisotopic (exact) mass is 480 g/mol. The van der Waals surface area contributed by atoms with Crippen LogP contribution in [0.2, 0.25) is 5.02 Å². The maximum absolute atomic E-state index is 12.7. The van der Waals surface area contributed by atoms with Crippen molar-refractivity contribution >= 4 is 45.2 Å². The molecule has 0 unspecified atom stereocenters. The molecule has 0 saturated carbocycles. The molecule has 3 aromatic rings. The van der Waals surface area contributed by atoms with E-state index in [4.69, 9.17) is 16.3 Å². The van der Waals surface area contributed by atoms with E-state index in [9.17, 15) is 10.1 Å². The molecule has 6 heteroatoms. The number of ether oxygens (including phenoxy) is 1. The average molecular weight is 482 g/mol. The van der Waals surface area contributed by atoms with Gasteiger partial charge in [0.1, 0.15) is 24.0 Å². The van der Waals surface area contributed by atoms with Gasteiger partial charge in [0.05, 0.1) is 0 Å². The minimum absolute atomic E-state index is 0.0444. The van der Waals surface area contributed by atoms with E-state index in [1.54, 1.807) is 37.3 Å². The SMILES string of the molecule is Cc1c(Cl)cccc1NC(=O)/C(C#N)=C/c1cc(Br)ccc1OCc1ccccc1. The summed E-state index contributed by atoms with van der Waals surface area (Å²) in [6.07, 6.45) is 1.51. The Morgan fingerprint density at radius 2 is 1.93 bits per heavy atom. The normalized spacial score (nSPS) is 10.9. The average Bonchev–Trinajstić information content (AvgIpc) is 2.75. The minimum atomic E-state index is -0.517. The van der Waals surface area contributed by atoms with Crippen LogP contribution in [0.1, 0.15) is 16.7 Å². The quantitative estimate of drug-likeness (QED) is 0.321. The number of rotatable bonds is 6. The van der Waals surface area contributed by atoms with Gasteiger partial charge in [-0.05, 0) is 54.5 Å². The van der Waals surface area contributed by atoms with Gasteiger partial charge in [0, 0.05) is 20.7 Å².